The third kappa shape index (κ3) is 3.46. The van der Waals surface area contributed by atoms with Crippen molar-refractivity contribution >= 4 is 11.5 Å². The van der Waals surface area contributed by atoms with Gasteiger partial charge in [0, 0.05) is 6.08 Å². The van der Waals surface area contributed by atoms with Crippen molar-refractivity contribution in [1.82, 2.24) is 0 Å². The smallest absolute Gasteiger partial charge is 0.328 e. The lowest BCUT2D eigenvalue weighted by atomic mass is 9.97. The van der Waals surface area contributed by atoms with Gasteiger partial charge in [0.15, 0.2) is 0 Å². The van der Waals surface area contributed by atoms with Gasteiger partial charge in [0.1, 0.15) is 0 Å². The quantitative estimate of drug-likeness (QED) is 0.801. The van der Waals surface area contributed by atoms with Crippen LogP contribution in [-0.2, 0) is 11.2 Å². The minimum absolute atomic E-state index is 0.456. The molecule has 2 heteroatoms. The molecule has 1 aliphatic carbocycles. The molecule has 0 aliphatic heterocycles. The number of benzene rings is 1. The molecule has 1 aromatic rings. The van der Waals surface area contributed by atoms with Crippen LogP contribution in [0.2, 0.25) is 0 Å². The number of rotatable bonds is 5. The summed E-state index contributed by atoms with van der Waals surface area (Å²) in [5.41, 5.74) is 3.37. The second-order valence-electron chi connectivity index (χ2n) is 5.51. The van der Waals surface area contributed by atoms with Crippen molar-refractivity contribution in [3.05, 3.63) is 41.5 Å². The van der Waals surface area contributed by atoms with Crippen LogP contribution >= 0.6 is 0 Å². The van der Waals surface area contributed by atoms with E-state index in [0.29, 0.717) is 11.8 Å². The third-order valence-electron chi connectivity index (χ3n) is 3.23. The molecule has 2 nitrogen and oxygen atoms in total. The number of aliphatic carboxylic acids is 1. The Morgan fingerprint density at radius 2 is 1.94 bits per heavy atom. The molecule has 0 heterocycles. The van der Waals surface area contributed by atoms with Crippen LogP contribution in [-0.4, -0.2) is 11.1 Å². The average molecular weight is 244 g/mol. The van der Waals surface area contributed by atoms with Gasteiger partial charge in [0.25, 0.3) is 0 Å². The SMILES string of the molecule is CC(C)Cc1ccc(/C(=C/C(=O)O)C2CC2)cc1. The van der Waals surface area contributed by atoms with Gasteiger partial charge < -0.3 is 5.11 Å². The highest BCUT2D eigenvalue weighted by Crippen LogP contribution is 2.41. The van der Waals surface area contributed by atoms with Gasteiger partial charge in [-0.2, -0.15) is 0 Å². The second-order valence-corrected chi connectivity index (χ2v) is 5.51. The van der Waals surface area contributed by atoms with Gasteiger partial charge >= 0.3 is 5.97 Å². The number of carboxylic acids is 1. The summed E-state index contributed by atoms with van der Waals surface area (Å²) in [7, 11) is 0. The Morgan fingerprint density at radius 1 is 1.33 bits per heavy atom. The van der Waals surface area contributed by atoms with Crippen LogP contribution in [0.4, 0.5) is 0 Å². The number of allylic oxidation sites excluding steroid dienone is 1. The number of carboxylic acid groups (broad SMARTS) is 1. The van der Waals surface area contributed by atoms with E-state index in [0.717, 1.165) is 30.4 Å². The molecule has 18 heavy (non-hydrogen) atoms. The molecule has 1 fully saturated rings. The molecule has 0 bridgehead atoms. The third-order valence-corrected chi connectivity index (χ3v) is 3.23. The summed E-state index contributed by atoms with van der Waals surface area (Å²) in [6, 6.07) is 8.36. The maximum atomic E-state index is 10.9. The summed E-state index contributed by atoms with van der Waals surface area (Å²) in [4.78, 5) is 10.9. The van der Waals surface area contributed by atoms with Crippen LogP contribution in [0, 0.1) is 11.8 Å². The van der Waals surface area contributed by atoms with Crippen molar-refractivity contribution in [1.29, 1.82) is 0 Å². The van der Waals surface area contributed by atoms with Gasteiger partial charge in [-0.3, -0.25) is 0 Å². The molecule has 2 rings (SSSR count). The topological polar surface area (TPSA) is 37.3 Å². The molecular weight excluding hydrogens is 224 g/mol. The van der Waals surface area contributed by atoms with Crippen LogP contribution in [0.5, 0.6) is 0 Å². The van der Waals surface area contributed by atoms with E-state index in [1.54, 1.807) is 0 Å². The zero-order valence-electron chi connectivity index (χ0n) is 11.0. The van der Waals surface area contributed by atoms with Crippen LogP contribution < -0.4 is 0 Å². The monoisotopic (exact) mass is 244 g/mol. The Kier molecular flexibility index (Phi) is 3.85. The van der Waals surface area contributed by atoms with Crippen molar-refractivity contribution in [2.24, 2.45) is 11.8 Å². The van der Waals surface area contributed by atoms with Crippen molar-refractivity contribution in [2.45, 2.75) is 33.1 Å². The normalized spacial score (nSPS) is 16.1. The van der Waals surface area contributed by atoms with E-state index < -0.39 is 5.97 Å². The van der Waals surface area contributed by atoms with Crippen molar-refractivity contribution < 1.29 is 9.90 Å². The van der Waals surface area contributed by atoms with Gasteiger partial charge in [-0.15, -0.1) is 0 Å². The Labute approximate surface area is 108 Å². The van der Waals surface area contributed by atoms with Gasteiger partial charge in [0.05, 0.1) is 0 Å². The highest BCUT2D eigenvalue weighted by molar-refractivity contribution is 5.91. The molecule has 1 saturated carbocycles. The van der Waals surface area contributed by atoms with E-state index in [9.17, 15) is 4.79 Å². The molecule has 1 N–H and O–H groups in total. The first-order valence-corrected chi connectivity index (χ1v) is 6.60. The molecule has 0 spiro atoms. The minimum atomic E-state index is -0.844. The molecule has 0 aromatic heterocycles. The van der Waals surface area contributed by atoms with Crippen LogP contribution in [0.25, 0.3) is 5.57 Å². The highest BCUT2D eigenvalue weighted by atomic mass is 16.4. The van der Waals surface area contributed by atoms with E-state index in [-0.39, 0.29) is 0 Å². The van der Waals surface area contributed by atoms with Gasteiger partial charge in [-0.05, 0) is 47.8 Å². The number of hydrogen-bond donors (Lipinski definition) is 1. The second kappa shape index (κ2) is 5.38. The van der Waals surface area contributed by atoms with E-state index in [2.05, 4.69) is 38.1 Å². The van der Waals surface area contributed by atoms with E-state index in [1.165, 1.54) is 11.6 Å². The maximum Gasteiger partial charge on any atom is 0.328 e. The van der Waals surface area contributed by atoms with E-state index in [1.807, 2.05) is 0 Å². The lowest BCUT2D eigenvalue weighted by Gasteiger charge is -2.08. The Hall–Kier alpha value is -1.57. The summed E-state index contributed by atoms with van der Waals surface area (Å²) in [6.45, 7) is 4.40. The first kappa shape index (κ1) is 12.9. The summed E-state index contributed by atoms with van der Waals surface area (Å²) >= 11 is 0. The number of carbonyl (C=O) groups is 1. The fourth-order valence-corrected chi connectivity index (χ4v) is 2.27. The summed E-state index contributed by atoms with van der Waals surface area (Å²) in [6.07, 6.45) is 4.68. The fraction of sp³-hybridized carbons (Fsp3) is 0.438. The van der Waals surface area contributed by atoms with Gasteiger partial charge in [0.2, 0.25) is 0 Å². The number of hydrogen-bond acceptors (Lipinski definition) is 1. The molecule has 0 saturated heterocycles. The maximum absolute atomic E-state index is 10.9. The fourth-order valence-electron chi connectivity index (χ4n) is 2.27. The summed E-state index contributed by atoms with van der Waals surface area (Å²) in [5.74, 6) is 0.258. The van der Waals surface area contributed by atoms with Crippen molar-refractivity contribution in [3.63, 3.8) is 0 Å². The Morgan fingerprint density at radius 3 is 2.39 bits per heavy atom. The molecule has 1 aromatic carbocycles. The van der Waals surface area contributed by atoms with Crippen LogP contribution in [0.3, 0.4) is 0 Å². The highest BCUT2D eigenvalue weighted by Gasteiger charge is 2.27. The largest absolute Gasteiger partial charge is 0.478 e. The molecule has 0 radical (unpaired) electrons. The standard InChI is InChI=1S/C16H20O2/c1-11(2)9-12-3-5-13(6-4-12)15(10-16(17)18)14-7-8-14/h3-6,10-11,14H,7-9H2,1-2H3,(H,17,18)/b15-10-. The van der Waals surface area contributed by atoms with Crippen molar-refractivity contribution in [2.75, 3.05) is 0 Å². The first-order chi connectivity index (χ1) is 8.56. The average Bonchev–Trinajstić information content (AvgIpc) is 3.10. The minimum Gasteiger partial charge on any atom is -0.478 e. The zero-order chi connectivity index (χ0) is 13.1. The Balaban J connectivity index is 2.19. The molecule has 0 amide bonds. The predicted molar refractivity (Wildman–Crippen MR) is 73.3 cm³/mol. The summed E-state index contributed by atoms with van der Waals surface area (Å²) in [5, 5.41) is 8.92. The van der Waals surface area contributed by atoms with E-state index >= 15 is 0 Å². The van der Waals surface area contributed by atoms with Crippen LogP contribution in [0.15, 0.2) is 30.3 Å². The molecule has 96 valence electrons. The lowest BCUT2D eigenvalue weighted by Crippen LogP contribution is -1.96. The molecule has 0 unspecified atom stereocenters. The van der Waals surface area contributed by atoms with Crippen LogP contribution in [0.1, 0.15) is 37.8 Å². The van der Waals surface area contributed by atoms with Crippen molar-refractivity contribution in [3.8, 4) is 0 Å². The predicted octanol–water partition coefficient (Wildman–Crippen LogP) is 3.76. The lowest BCUT2D eigenvalue weighted by molar-refractivity contribution is -0.131. The molecule has 1 aliphatic rings. The van der Waals surface area contributed by atoms with Gasteiger partial charge in [-0.1, -0.05) is 38.1 Å². The first-order valence-electron chi connectivity index (χ1n) is 6.60. The van der Waals surface area contributed by atoms with E-state index in [4.69, 9.17) is 5.11 Å². The van der Waals surface area contributed by atoms with Gasteiger partial charge in [-0.25, -0.2) is 4.79 Å². The molecule has 0 atom stereocenters. The zero-order valence-corrected chi connectivity index (χ0v) is 11.0. The summed E-state index contributed by atoms with van der Waals surface area (Å²) < 4.78 is 0. The molecular formula is C16H20O2. The Bertz CT molecular complexity index is 450.